The maximum absolute atomic E-state index is 12.5. The Morgan fingerprint density at radius 1 is 0.880 bits per heavy atom. The van der Waals surface area contributed by atoms with Crippen molar-refractivity contribution in [2.45, 2.75) is 38.5 Å². The summed E-state index contributed by atoms with van der Waals surface area (Å²) in [4.78, 5) is 12.5. The number of nitriles is 2. The Morgan fingerprint density at radius 3 is 1.68 bits per heavy atom. The molecule has 0 N–H and O–H groups in total. The van der Waals surface area contributed by atoms with Crippen LogP contribution < -0.4 is 0 Å². The second-order valence-electron chi connectivity index (χ2n) is 6.97. The number of Topliss-reactive ketones (excluding diaryl/α,β-unsaturated/α-hetero) is 1. The summed E-state index contributed by atoms with van der Waals surface area (Å²) in [6.07, 6.45) is 0.486. The van der Waals surface area contributed by atoms with Crippen LogP contribution >= 0.6 is 0 Å². The molecule has 3 rings (SSSR count). The van der Waals surface area contributed by atoms with Gasteiger partial charge in [-0.1, -0.05) is 59.7 Å². The summed E-state index contributed by atoms with van der Waals surface area (Å²) < 4.78 is 0. The van der Waals surface area contributed by atoms with E-state index in [2.05, 4.69) is 12.1 Å². The van der Waals surface area contributed by atoms with Crippen molar-refractivity contribution < 1.29 is 4.79 Å². The number of ketones is 1. The first-order valence-electron chi connectivity index (χ1n) is 8.47. The Labute approximate surface area is 148 Å². The van der Waals surface area contributed by atoms with E-state index in [0.29, 0.717) is 0 Å². The van der Waals surface area contributed by atoms with Gasteiger partial charge in [-0.3, -0.25) is 4.79 Å². The number of aryl methyl sites for hydroxylation is 2. The number of rotatable bonds is 2. The largest absolute Gasteiger partial charge is 0.300 e. The highest BCUT2D eigenvalue weighted by atomic mass is 16.1. The maximum Gasteiger partial charge on any atom is 0.158 e. The molecule has 0 unspecified atom stereocenters. The summed E-state index contributed by atoms with van der Waals surface area (Å²) in [6.45, 7) is 3.96. The van der Waals surface area contributed by atoms with Gasteiger partial charge in [-0.25, -0.2) is 0 Å². The van der Waals surface area contributed by atoms with Crippen LogP contribution in [0, 0.1) is 41.9 Å². The van der Waals surface area contributed by atoms with Gasteiger partial charge in [0.1, 0.15) is 5.78 Å². The lowest BCUT2D eigenvalue weighted by Crippen LogP contribution is -2.40. The van der Waals surface area contributed by atoms with Gasteiger partial charge < -0.3 is 0 Å². The minimum Gasteiger partial charge on any atom is -0.300 e. The molecule has 1 aliphatic carbocycles. The zero-order valence-corrected chi connectivity index (χ0v) is 14.5. The van der Waals surface area contributed by atoms with Crippen molar-refractivity contribution in [3.63, 3.8) is 0 Å². The smallest absolute Gasteiger partial charge is 0.158 e. The molecule has 0 aromatic heterocycles. The summed E-state index contributed by atoms with van der Waals surface area (Å²) in [6, 6.07) is 20.2. The van der Waals surface area contributed by atoms with Gasteiger partial charge >= 0.3 is 0 Å². The average Bonchev–Trinajstić information content (AvgIpc) is 2.61. The van der Waals surface area contributed by atoms with Crippen molar-refractivity contribution in [1.82, 2.24) is 0 Å². The van der Waals surface area contributed by atoms with Gasteiger partial charge in [0.2, 0.25) is 0 Å². The summed E-state index contributed by atoms with van der Waals surface area (Å²) in [7, 11) is 0. The molecule has 3 heteroatoms. The zero-order valence-electron chi connectivity index (χ0n) is 14.5. The Kier molecular flexibility index (Phi) is 4.43. The van der Waals surface area contributed by atoms with Crippen molar-refractivity contribution in [3.8, 4) is 12.1 Å². The SMILES string of the molecule is Cc1cccc([C@@H]2CC(=O)C[C@@H](c3cccc(C)c3)C2(C#N)C#N)c1. The Hall–Kier alpha value is -2.91. The predicted molar refractivity (Wildman–Crippen MR) is 95.7 cm³/mol. The molecule has 0 radical (unpaired) electrons. The molecule has 1 saturated carbocycles. The van der Waals surface area contributed by atoms with Gasteiger partial charge in [-0.05, 0) is 25.0 Å². The summed E-state index contributed by atoms with van der Waals surface area (Å²) in [5, 5.41) is 20.1. The highest BCUT2D eigenvalue weighted by Gasteiger charge is 2.52. The second-order valence-corrected chi connectivity index (χ2v) is 6.97. The molecule has 1 aliphatic rings. The number of hydrogen-bond donors (Lipinski definition) is 0. The molecule has 0 aliphatic heterocycles. The van der Waals surface area contributed by atoms with E-state index in [0.717, 1.165) is 22.3 Å². The molecular formula is C22H20N2O. The summed E-state index contributed by atoms with van der Waals surface area (Å²) in [5.74, 6) is -0.706. The monoisotopic (exact) mass is 328 g/mol. The van der Waals surface area contributed by atoms with E-state index in [1.807, 2.05) is 62.4 Å². The van der Waals surface area contributed by atoms with Crippen LogP contribution in [0.4, 0.5) is 0 Å². The third kappa shape index (κ3) is 2.94. The normalized spacial score (nSPS) is 22.0. The number of carbonyl (C=O) groups is 1. The van der Waals surface area contributed by atoms with Crippen LogP contribution in [-0.2, 0) is 4.79 Å². The molecular weight excluding hydrogens is 308 g/mol. The summed E-state index contributed by atoms with van der Waals surface area (Å²) >= 11 is 0. The molecule has 1 fully saturated rings. The Balaban J connectivity index is 2.17. The van der Waals surface area contributed by atoms with Crippen molar-refractivity contribution in [2.75, 3.05) is 0 Å². The van der Waals surface area contributed by atoms with E-state index in [9.17, 15) is 15.3 Å². The van der Waals surface area contributed by atoms with Gasteiger partial charge in [-0.15, -0.1) is 0 Å². The molecule has 0 bridgehead atoms. The fourth-order valence-corrected chi connectivity index (χ4v) is 3.98. The van der Waals surface area contributed by atoms with Crippen molar-refractivity contribution in [1.29, 1.82) is 10.5 Å². The minimum atomic E-state index is -1.24. The minimum absolute atomic E-state index is 0.110. The van der Waals surface area contributed by atoms with Crippen LogP contribution in [0.1, 0.15) is 46.9 Å². The van der Waals surface area contributed by atoms with Gasteiger partial charge in [-0.2, -0.15) is 10.5 Å². The van der Waals surface area contributed by atoms with Crippen LogP contribution in [0.25, 0.3) is 0 Å². The topological polar surface area (TPSA) is 64.7 Å². The molecule has 124 valence electrons. The van der Waals surface area contributed by atoms with Crippen molar-refractivity contribution >= 4 is 5.78 Å². The lowest BCUT2D eigenvalue weighted by Gasteiger charge is -2.40. The predicted octanol–water partition coefficient (Wildman–Crippen LogP) is 4.57. The van der Waals surface area contributed by atoms with Crippen LogP contribution in [0.3, 0.4) is 0 Å². The number of hydrogen-bond acceptors (Lipinski definition) is 3. The first-order valence-corrected chi connectivity index (χ1v) is 8.47. The average molecular weight is 328 g/mol. The third-order valence-corrected chi connectivity index (χ3v) is 5.22. The number of nitrogens with zero attached hydrogens (tertiary/aromatic N) is 2. The van der Waals surface area contributed by atoms with Crippen molar-refractivity contribution in [3.05, 3.63) is 70.8 Å². The molecule has 2 atom stereocenters. The van der Waals surface area contributed by atoms with Crippen LogP contribution in [0.5, 0.6) is 0 Å². The zero-order chi connectivity index (χ0) is 18.0. The van der Waals surface area contributed by atoms with E-state index < -0.39 is 17.3 Å². The van der Waals surface area contributed by atoms with Gasteiger partial charge in [0.15, 0.2) is 5.41 Å². The molecule has 2 aromatic rings. The first kappa shape index (κ1) is 16.9. The highest BCUT2D eigenvalue weighted by Crippen LogP contribution is 2.53. The molecule has 0 saturated heterocycles. The second kappa shape index (κ2) is 6.54. The standard InChI is InChI=1S/C22H20N2O/c1-15-5-3-7-17(9-15)20-11-19(25)12-21(22(20,13-23)14-24)18-8-4-6-16(2)10-18/h3-10,20-21H,11-12H2,1-2H3/t20-,21-/m0/s1. The first-order chi connectivity index (χ1) is 12.0. The maximum atomic E-state index is 12.5. The Morgan fingerprint density at radius 2 is 1.32 bits per heavy atom. The fourth-order valence-electron chi connectivity index (χ4n) is 3.98. The van der Waals surface area contributed by atoms with E-state index in [1.54, 1.807) is 0 Å². The molecule has 0 amide bonds. The van der Waals surface area contributed by atoms with Crippen molar-refractivity contribution in [2.24, 2.45) is 5.41 Å². The number of carbonyl (C=O) groups excluding carboxylic acids is 1. The highest BCUT2D eigenvalue weighted by molar-refractivity contribution is 5.82. The molecule has 0 spiro atoms. The van der Waals surface area contributed by atoms with E-state index in [4.69, 9.17) is 0 Å². The fraction of sp³-hybridized carbons (Fsp3) is 0.318. The lowest BCUT2D eigenvalue weighted by molar-refractivity contribution is -0.122. The van der Waals surface area contributed by atoms with Gasteiger partial charge in [0.05, 0.1) is 12.1 Å². The molecule has 0 heterocycles. The summed E-state index contributed by atoms with van der Waals surface area (Å²) in [5.41, 5.74) is 2.68. The van der Waals surface area contributed by atoms with E-state index in [1.165, 1.54) is 0 Å². The van der Waals surface area contributed by atoms with Gasteiger partial charge in [0.25, 0.3) is 0 Å². The van der Waals surface area contributed by atoms with Gasteiger partial charge in [0, 0.05) is 24.7 Å². The third-order valence-electron chi connectivity index (χ3n) is 5.22. The number of benzene rings is 2. The Bertz CT molecular complexity index is 827. The van der Waals surface area contributed by atoms with Crippen LogP contribution in [0.15, 0.2) is 48.5 Å². The lowest BCUT2D eigenvalue weighted by atomic mass is 9.57. The molecule has 25 heavy (non-hydrogen) atoms. The van der Waals surface area contributed by atoms with Crippen LogP contribution in [0.2, 0.25) is 0 Å². The van der Waals surface area contributed by atoms with E-state index >= 15 is 0 Å². The quantitative estimate of drug-likeness (QED) is 0.811. The van der Waals surface area contributed by atoms with Crippen LogP contribution in [-0.4, -0.2) is 5.78 Å². The van der Waals surface area contributed by atoms with E-state index in [-0.39, 0.29) is 18.6 Å². The molecule has 3 nitrogen and oxygen atoms in total. The molecule has 2 aromatic carbocycles.